The Hall–Kier alpha value is -4.37. The maximum atomic E-state index is 11.5. The number of nitrogens with zero attached hydrogens (tertiary/aromatic N) is 3. The number of β-amino-alcohol motifs (C(OH)–C–C–N with tert-alkyl or cyclic N) is 1. The molecule has 48 heavy (non-hydrogen) atoms. The topological polar surface area (TPSA) is 108 Å². The molecule has 3 aliphatic rings. The van der Waals surface area contributed by atoms with Crippen molar-refractivity contribution in [3.05, 3.63) is 124 Å². The fourth-order valence-corrected chi connectivity index (χ4v) is 8.21. The minimum Gasteiger partial charge on any atom is -0.508 e. The Morgan fingerprint density at radius 2 is 1.46 bits per heavy atom. The average Bonchev–Trinajstić information content (AvgIpc) is 3.11. The van der Waals surface area contributed by atoms with Crippen LogP contribution in [0.5, 0.6) is 5.75 Å². The first-order valence-corrected chi connectivity index (χ1v) is 17.2. The van der Waals surface area contributed by atoms with Crippen LogP contribution in [0.25, 0.3) is 0 Å². The summed E-state index contributed by atoms with van der Waals surface area (Å²) in [6, 6.07) is 30.9. The number of aryl methyl sites for hydroxylation is 1. The highest BCUT2D eigenvalue weighted by atomic mass is 16.4. The second-order valence-electron chi connectivity index (χ2n) is 13.8. The molecule has 2 aliphatic heterocycles. The van der Waals surface area contributed by atoms with Crippen LogP contribution in [0.15, 0.2) is 91.0 Å². The van der Waals surface area contributed by atoms with Crippen LogP contribution >= 0.6 is 0 Å². The number of hydrogen-bond donors (Lipinski definition) is 4. The number of carbonyl (C=O) groups is 1. The maximum absolute atomic E-state index is 11.5. The zero-order valence-corrected chi connectivity index (χ0v) is 27.3. The Morgan fingerprint density at radius 3 is 2.15 bits per heavy atom. The molecule has 0 amide bonds. The molecule has 4 N–H and O–H groups in total. The van der Waals surface area contributed by atoms with Gasteiger partial charge in [0.15, 0.2) is 0 Å². The summed E-state index contributed by atoms with van der Waals surface area (Å²) in [7, 11) is 0. The lowest BCUT2D eigenvalue weighted by molar-refractivity contribution is -0.0173. The molecule has 2 fully saturated rings. The Balaban J connectivity index is 0.968. The Kier molecular flexibility index (Phi) is 9.14. The van der Waals surface area contributed by atoms with Crippen LogP contribution in [0.3, 0.4) is 0 Å². The summed E-state index contributed by atoms with van der Waals surface area (Å²) < 4.78 is 0. The van der Waals surface area contributed by atoms with Gasteiger partial charge in [-0.15, -0.1) is 0 Å². The van der Waals surface area contributed by atoms with Gasteiger partial charge in [0.2, 0.25) is 0 Å². The molecule has 2 saturated heterocycles. The third-order valence-electron chi connectivity index (χ3n) is 10.9. The highest BCUT2D eigenvalue weighted by Gasteiger charge is 2.36. The van der Waals surface area contributed by atoms with Gasteiger partial charge in [-0.1, -0.05) is 48.5 Å². The van der Waals surface area contributed by atoms with Gasteiger partial charge in [-0.3, -0.25) is 4.90 Å². The number of piperidine rings is 1. The lowest BCUT2D eigenvalue weighted by Gasteiger charge is -2.44. The lowest BCUT2D eigenvalue weighted by atomic mass is 9.69. The summed E-state index contributed by atoms with van der Waals surface area (Å²) in [5.41, 5.74) is 7.09. The molecule has 0 unspecified atom stereocenters. The molecule has 250 valence electrons. The average molecular weight is 648 g/mol. The number of carboxylic acid groups (broad SMARTS) is 1. The van der Waals surface area contributed by atoms with Crippen LogP contribution in [0, 0.1) is 0 Å². The van der Waals surface area contributed by atoms with Crippen LogP contribution < -0.4 is 9.80 Å². The molecular weight excluding hydrogens is 602 g/mol. The first-order chi connectivity index (χ1) is 23.3. The fourth-order valence-electron chi connectivity index (χ4n) is 8.21. The molecule has 4 aromatic carbocycles. The first-order valence-electron chi connectivity index (χ1n) is 17.2. The van der Waals surface area contributed by atoms with E-state index in [4.69, 9.17) is 0 Å². The van der Waals surface area contributed by atoms with Gasteiger partial charge in [0.1, 0.15) is 5.75 Å². The van der Waals surface area contributed by atoms with Gasteiger partial charge in [-0.25, -0.2) is 4.79 Å². The third-order valence-corrected chi connectivity index (χ3v) is 10.9. The van der Waals surface area contributed by atoms with E-state index in [2.05, 4.69) is 75.4 Å². The number of aromatic hydroxyl groups is 1. The van der Waals surface area contributed by atoms with Gasteiger partial charge in [-0.05, 0) is 102 Å². The van der Waals surface area contributed by atoms with E-state index in [0.717, 1.165) is 44.7 Å². The number of phenolic OH excluding ortho intramolecular Hbond substituents is 1. The zero-order valence-electron chi connectivity index (χ0n) is 27.3. The van der Waals surface area contributed by atoms with E-state index in [9.17, 15) is 25.2 Å². The number of benzene rings is 4. The predicted molar refractivity (Wildman–Crippen MR) is 188 cm³/mol. The highest BCUT2D eigenvalue weighted by Crippen LogP contribution is 2.47. The van der Waals surface area contributed by atoms with Crippen LogP contribution in [-0.4, -0.2) is 82.7 Å². The quantitative estimate of drug-likeness (QED) is 0.196. The SMILES string of the molecule is O=C(O)c1ccc(N2CCC(O)(CN3CCN(c4ccc([C@@H]5c6ccc(O)cc6CC[C@@H]5c5ccccc5)cc4)CC3)CC2)cc1CO. The number of rotatable bonds is 8. The predicted octanol–water partition coefficient (Wildman–Crippen LogP) is 5.60. The molecule has 0 aromatic heterocycles. The van der Waals surface area contributed by atoms with Crippen LogP contribution in [0.1, 0.15) is 69.3 Å². The van der Waals surface area contributed by atoms with Crippen molar-refractivity contribution in [3.63, 3.8) is 0 Å². The summed E-state index contributed by atoms with van der Waals surface area (Å²) >= 11 is 0. The van der Waals surface area contributed by atoms with E-state index in [1.165, 1.54) is 27.9 Å². The highest BCUT2D eigenvalue weighted by molar-refractivity contribution is 5.90. The molecule has 2 heterocycles. The van der Waals surface area contributed by atoms with E-state index in [1.807, 2.05) is 12.1 Å². The number of aliphatic hydroxyl groups is 2. The molecule has 8 nitrogen and oxygen atoms in total. The standard InChI is InChI=1S/C40H45N3O5/c44-26-31-24-33(11-14-37(31)39(46)47)42-18-16-40(48,17-19-42)27-41-20-22-43(23-21-41)32-9-6-29(7-10-32)38-35(28-4-2-1-3-5-28)13-8-30-25-34(45)12-15-36(30)38/h1-7,9-12,14-15,24-25,35,38,44-45,48H,8,13,16-23,26-27H2,(H,46,47)/t35-,38+/m1/s1. The van der Waals surface area contributed by atoms with E-state index in [-0.39, 0.29) is 18.1 Å². The smallest absolute Gasteiger partial charge is 0.336 e. The first kappa shape index (κ1) is 32.2. The van der Waals surface area contributed by atoms with Gasteiger partial charge in [0.05, 0.1) is 17.8 Å². The van der Waals surface area contributed by atoms with Crippen molar-refractivity contribution in [1.82, 2.24) is 4.90 Å². The zero-order chi connectivity index (χ0) is 33.3. The minimum absolute atomic E-state index is 0.124. The van der Waals surface area contributed by atoms with Crippen molar-refractivity contribution in [2.24, 2.45) is 0 Å². The molecule has 0 spiro atoms. The second kappa shape index (κ2) is 13.6. The number of anilines is 2. The normalized spacial score (nSPS) is 21.1. The monoisotopic (exact) mass is 647 g/mol. The molecular formula is C40H45N3O5. The summed E-state index contributed by atoms with van der Waals surface area (Å²) in [6.45, 7) is 5.26. The molecule has 8 heteroatoms. The largest absolute Gasteiger partial charge is 0.508 e. The second-order valence-corrected chi connectivity index (χ2v) is 13.8. The number of hydrogen-bond acceptors (Lipinski definition) is 7. The van der Waals surface area contributed by atoms with Crippen molar-refractivity contribution in [1.29, 1.82) is 0 Å². The van der Waals surface area contributed by atoms with Crippen LogP contribution in [-0.2, 0) is 13.0 Å². The van der Waals surface area contributed by atoms with Crippen molar-refractivity contribution in [2.45, 2.75) is 49.7 Å². The summed E-state index contributed by atoms with van der Waals surface area (Å²) in [5.74, 6) is -0.0952. The number of carboxylic acids is 1. The summed E-state index contributed by atoms with van der Waals surface area (Å²) in [6.07, 6.45) is 3.28. The van der Waals surface area contributed by atoms with Crippen molar-refractivity contribution < 1.29 is 25.2 Å². The summed E-state index contributed by atoms with van der Waals surface area (Å²) in [4.78, 5) is 18.4. The van der Waals surface area contributed by atoms with Gasteiger partial charge in [-0.2, -0.15) is 0 Å². The van der Waals surface area contributed by atoms with E-state index >= 15 is 0 Å². The van der Waals surface area contributed by atoms with Crippen molar-refractivity contribution >= 4 is 17.3 Å². The van der Waals surface area contributed by atoms with E-state index < -0.39 is 11.6 Å². The molecule has 0 bridgehead atoms. The van der Waals surface area contributed by atoms with E-state index in [1.54, 1.807) is 18.2 Å². The summed E-state index contributed by atoms with van der Waals surface area (Å²) in [5, 5.41) is 40.7. The Labute approximate surface area is 282 Å². The number of aromatic carboxylic acids is 1. The van der Waals surface area contributed by atoms with E-state index in [0.29, 0.717) is 49.7 Å². The maximum Gasteiger partial charge on any atom is 0.336 e. The van der Waals surface area contributed by atoms with Gasteiger partial charge in [0, 0.05) is 63.1 Å². The number of fused-ring (bicyclic) bond motifs is 1. The molecule has 4 aromatic rings. The number of piperazine rings is 1. The van der Waals surface area contributed by atoms with Gasteiger partial charge < -0.3 is 30.2 Å². The molecule has 2 atom stereocenters. The van der Waals surface area contributed by atoms with Crippen LogP contribution in [0.4, 0.5) is 11.4 Å². The molecule has 0 radical (unpaired) electrons. The van der Waals surface area contributed by atoms with Gasteiger partial charge in [0.25, 0.3) is 0 Å². The molecule has 0 saturated carbocycles. The van der Waals surface area contributed by atoms with Gasteiger partial charge >= 0.3 is 5.97 Å². The molecule has 7 rings (SSSR count). The van der Waals surface area contributed by atoms with Crippen LogP contribution in [0.2, 0.25) is 0 Å². The molecule has 1 aliphatic carbocycles. The Bertz CT molecular complexity index is 1730. The number of aliphatic hydroxyl groups excluding tert-OH is 1. The fraction of sp³-hybridized carbons (Fsp3) is 0.375. The number of phenols is 1. The van der Waals surface area contributed by atoms with Crippen molar-refractivity contribution in [2.75, 3.05) is 55.6 Å². The lowest BCUT2D eigenvalue weighted by Crippen LogP contribution is -2.55. The third kappa shape index (κ3) is 6.65. The Morgan fingerprint density at radius 1 is 0.771 bits per heavy atom. The minimum atomic E-state index is -1.04. The van der Waals surface area contributed by atoms with Crippen molar-refractivity contribution in [3.8, 4) is 5.75 Å².